The van der Waals surface area contributed by atoms with Crippen LogP contribution in [0.2, 0.25) is 0 Å². The maximum Gasteiger partial charge on any atom is 0.162 e. The number of hydrogen-bond acceptors (Lipinski definition) is 2. The predicted octanol–water partition coefficient (Wildman–Crippen LogP) is 1.14. The second-order valence-electron chi connectivity index (χ2n) is 5.77. The van der Waals surface area contributed by atoms with E-state index in [0.29, 0.717) is 6.04 Å². The molecule has 0 aromatic rings. The summed E-state index contributed by atoms with van der Waals surface area (Å²) in [6.45, 7) is 12.1. The van der Waals surface area contributed by atoms with E-state index in [0.717, 1.165) is 5.92 Å². The second-order valence-corrected chi connectivity index (χ2v) is 5.77. The normalized spacial score (nSPS) is 32.2. The van der Waals surface area contributed by atoms with Gasteiger partial charge in [0.1, 0.15) is 6.21 Å². The summed E-state index contributed by atoms with van der Waals surface area (Å²) in [5.74, 6) is 0.823. The van der Waals surface area contributed by atoms with E-state index in [2.05, 4.69) is 41.5 Å². The predicted molar refractivity (Wildman–Crippen MR) is 73.0 cm³/mol. The van der Waals surface area contributed by atoms with Crippen molar-refractivity contribution >= 4 is 6.21 Å². The second kappa shape index (κ2) is 5.96. The first-order valence-electron chi connectivity index (χ1n) is 7.20. The maximum absolute atomic E-state index is 2.59. The first-order chi connectivity index (χ1) is 8.19. The van der Waals surface area contributed by atoms with Crippen LogP contribution in [0.25, 0.3) is 0 Å². The molecule has 3 nitrogen and oxygen atoms in total. The third-order valence-corrected chi connectivity index (χ3v) is 4.36. The molecule has 0 bridgehead atoms. The number of rotatable bonds is 2. The molecule has 17 heavy (non-hydrogen) atoms. The quantitative estimate of drug-likeness (QED) is 0.667. The summed E-state index contributed by atoms with van der Waals surface area (Å²) in [7, 11) is 2.23. The third kappa shape index (κ3) is 3.52. The molecule has 0 aromatic carbocycles. The highest BCUT2D eigenvalue weighted by Crippen LogP contribution is 2.15. The molecule has 0 radical (unpaired) electrons. The summed E-state index contributed by atoms with van der Waals surface area (Å²) in [4.78, 5) is 5.01. The van der Waals surface area contributed by atoms with Crippen molar-refractivity contribution in [2.75, 3.05) is 46.3 Å². The van der Waals surface area contributed by atoms with Crippen LogP contribution in [-0.2, 0) is 0 Å². The van der Waals surface area contributed by atoms with Crippen LogP contribution < -0.4 is 0 Å². The Morgan fingerprint density at radius 3 is 2.53 bits per heavy atom. The first kappa shape index (κ1) is 13.0. The lowest BCUT2D eigenvalue weighted by molar-refractivity contribution is -0.571. The minimum Gasteiger partial charge on any atom is -0.304 e. The molecular formula is C14H28N3+. The fraction of sp³-hybridized carbons (Fsp3) is 0.929. The van der Waals surface area contributed by atoms with E-state index < -0.39 is 0 Å². The van der Waals surface area contributed by atoms with E-state index in [1.54, 1.807) is 0 Å². The lowest BCUT2D eigenvalue weighted by Crippen LogP contribution is -2.47. The van der Waals surface area contributed by atoms with Crippen LogP contribution in [0.5, 0.6) is 0 Å². The molecule has 98 valence electrons. The van der Waals surface area contributed by atoms with Crippen LogP contribution in [0, 0.1) is 5.92 Å². The standard InChI is InChI=1S/C14H28N3/c1-4-16-7-5-14(6-8-16)12-17-10-9-15(3)11-13(17)2/h12-14H,4-11H2,1-3H3/q+1/t13-/m0/s1. The molecule has 0 unspecified atom stereocenters. The number of piperidine rings is 1. The van der Waals surface area contributed by atoms with Crippen LogP contribution in [0.1, 0.15) is 26.7 Å². The molecule has 0 saturated carbocycles. The monoisotopic (exact) mass is 238 g/mol. The number of nitrogens with zero attached hydrogens (tertiary/aromatic N) is 3. The fourth-order valence-corrected chi connectivity index (χ4v) is 3.06. The van der Waals surface area contributed by atoms with Gasteiger partial charge in [0.25, 0.3) is 0 Å². The van der Waals surface area contributed by atoms with E-state index >= 15 is 0 Å². The Kier molecular flexibility index (Phi) is 4.57. The molecule has 0 aliphatic carbocycles. The molecule has 2 rings (SSSR count). The molecule has 2 saturated heterocycles. The molecule has 2 heterocycles. The van der Waals surface area contributed by atoms with Crippen LogP contribution in [0.15, 0.2) is 0 Å². The lowest BCUT2D eigenvalue weighted by Gasteiger charge is -2.30. The average molecular weight is 238 g/mol. The van der Waals surface area contributed by atoms with Gasteiger partial charge < -0.3 is 4.90 Å². The number of hydrogen-bond donors (Lipinski definition) is 0. The van der Waals surface area contributed by atoms with Gasteiger partial charge in [-0.15, -0.1) is 0 Å². The zero-order chi connectivity index (χ0) is 12.3. The van der Waals surface area contributed by atoms with Gasteiger partial charge in [-0.1, -0.05) is 6.92 Å². The van der Waals surface area contributed by atoms with Gasteiger partial charge in [0, 0.05) is 5.92 Å². The van der Waals surface area contributed by atoms with E-state index in [-0.39, 0.29) is 0 Å². The molecule has 0 amide bonds. The summed E-state index contributed by atoms with van der Waals surface area (Å²) in [6, 6.07) is 0.693. The highest BCUT2D eigenvalue weighted by Gasteiger charge is 2.26. The molecule has 1 atom stereocenters. The van der Waals surface area contributed by atoms with Gasteiger partial charge in [-0.3, -0.25) is 4.90 Å². The van der Waals surface area contributed by atoms with Crippen LogP contribution in [-0.4, -0.2) is 72.9 Å². The zero-order valence-electron chi connectivity index (χ0n) is 11.7. The smallest absolute Gasteiger partial charge is 0.162 e. The molecule has 0 N–H and O–H groups in total. The molecule has 0 aromatic heterocycles. The van der Waals surface area contributed by atoms with Gasteiger partial charge in [0.05, 0.1) is 13.1 Å². The molecule has 2 fully saturated rings. The van der Waals surface area contributed by atoms with Crippen LogP contribution in [0.4, 0.5) is 0 Å². The number of piperazine rings is 1. The SMILES string of the molecule is CCN1CCC(C=[N+]2CCN(C)C[C@@H]2C)CC1. The van der Waals surface area contributed by atoms with Gasteiger partial charge in [-0.25, -0.2) is 4.58 Å². The third-order valence-electron chi connectivity index (χ3n) is 4.36. The Balaban J connectivity index is 1.87. The van der Waals surface area contributed by atoms with Crippen molar-refractivity contribution in [2.45, 2.75) is 32.7 Å². The van der Waals surface area contributed by atoms with E-state index in [1.165, 1.54) is 52.1 Å². The number of likely N-dealkylation sites (N-methyl/N-ethyl adjacent to an activating group) is 1. The van der Waals surface area contributed by atoms with Crippen LogP contribution in [0.3, 0.4) is 0 Å². The molecule has 3 heteroatoms. The van der Waals surface area contributed by atoms with Gasteiger partial charge in [-0.2, -0.15) is 0 Å². The Hall–Kier alpha value is -0.410. The van der Waals surface area contributed by atoms with Crippen molar-refractivity contribution in [3.8, 4) is 0 Å². The van der Waals surface area contributed by atoms with Gasteiger partial charge in [-0.05, 0) is 46.4 Å². The van der Waals surface area contributed by atoms with Crippen molar-refractivity contribution in [3.63, 3.8) is 0 Å². The van der Waals surface area contributed by atoms with Crippen molar-refractivity contribution in [2.24, 2.45) is 5.92 Å². The number of likely N-dealkylation sites (tertiary alicyclic amines) is 1. The van der Waals surface area contributed by atoms with Crippen molar-refractivity contribution < 1.29 is 4.58 Å². The van der Waals surface area contributed by atoms with Crippen molar-refractivity contribution in [1.29, 1.82) is 0 Å². The van der Waals surface area contributed by atoms with Gasteiger partial charge >= 0.3 is 0 Å². The summed E-state index contributed by atoms with van der Waals surface area (Å²) in [5.41, 5.74) is 0. The van der Waals surface area contributed by atoms with Crippen molar-refractivity contribution in [1.82, 2.24) is 9.80 Å². The highest BCUT2D eigenvalue weighted by atomic mass is 15.2. The largest absolute Gasteiger partial charge is 0.304 e. The minimum atomic E-state index is 0.693. The average Bonchev–Trinajstić information content (AvgIpc) is 2.34. The summed E-state index contributed by atoms with van der Waals surface area (Å²) >= 11 is 0. The summed E-state index contributed by atoms with van der Waals surface area (Å²) < 4.78 is 2.59. The van der Waals surface area contributed by atoms with E-state index in [4.69, 9.17) is 0 Å². The van der Waals surface area contributed by atoms with E-state index in [1.807, 2.05) is 0 Å². The fourth-order valence-electron chi connectivity index (χ4n) is 3.06. The van der Waals surface area contributed by atoms with E-state index in [9.17, 15) is 0 Å². The summed E-state index contributed by atoms with van der Waals surface area (Å²) in [6.07, 6.45) is 5.25. The minimum absolute atomic E-state index is 0.693. The van der Waals surface area contributed by atoms with Gasteiger partial charge in [0.2, 0.25) is 0 Å². The van der Waals surface area contributed by atoms with Gasteiger partial charge in [0.15, 0.2) is 12.6 Å². The Morgan fingerprint density at radius 1 is 1.24 bits per heavy atom. The Bertz CT molecular complexity index is 267. The molecule has 0 spiro atoms. The highest BCUT2D eigenvalue weighted by molar-refractivity contribution is 5.55. The molecule has 2 aliphatic heterocycles. The topological polar surface area (TPSA) is 9.49 Å². The maximum atomic E-state index is 2.59. The molecular weight excluding hydrogens is 210 g/mol. The van der Waals surface area contributed by atoms with Crippen molar-refractivity contribution in [3.05, 3.63) is 0 Å². The first-order valence-corrected chi connectivity index (χ1v) is 7.20. The Morgan fingerprint density at radius 2 is 1.94 bits per heavy atom. The van der Waals surface area contributed by atoms with Crippen LogP contribution >= 0.6 is 0 Å². The lowest BCUT2D eigenvalue weighted by atomic mass is 9.97. The summed E-state index contributed by atoms with van der Waals surface area (Å²) in [5, 5.41) is 0. The zero-order valence-corrected chi connectivity index (χ0v) is 11.7. The Labute approximate surface area is 106 Å². The molecule has 2 aliphatic rings.